The zero-order valence-corrected chi connectivity index (χ0v) is 12.7. The molecule has 0 aliphatic rings. The van der Waals surface area contributed by atoms with Gasteiger partial charge in [-0.25, -0.2) is 0 Å². The molecule has 0 unspecified atom stereocenters. The third kappa shape index (κ3) is 3.16. The molecule has 1 aromatic heterocycles. The number of aromatic nitrogens is 1. The Morgan fingerprint density at radius 3 is 2.45 bits per heavy atom. The molecule has 2 aromatic carbocycles. The van der Waals surface area contributed by atoms with E-state index in [9.17, 15) is 4.79 Å². The molecule has 0 bridgehead atoms. The topological polar surface area (TPSA) is 45.8 Å². The van der Waals surface area contributed by atoms with Crippen LogP contribution in [0.25, 0.3) is 10.4 Å². The number of aryl methyl sites for hydroxylation is 2. The van der Waals surface area contributed by atoms with Crippen LogP contribution in [0.2, 0.25) is 0 Å². The molecule has 0 radical (unpaired) electrons. The summed E-state index contributed by atoms with van der Waals surface area (Å²) in [6.45, 7) is 0.676. The van der Waals surface area contributed by atoms with Crippen LogP contribution in [0.3, 0.4) is 0 Å². The maximum atomic E-state index is 12.1. The van der Waals surface area contributed by atoms with Crippen LogP contribution in [0.5, 0.6) is 0 Å². The normalized spacial score (nSPS) is 10.3. The Balaban J connectivity index is 1.78. The van der Waals surface area contributed by atoms with Crippen molar-refractivity contribution in [2.24, 2.45) is 0 Å². The predicted molar refractivity (Wildman–Crippen MR) is 88.9 cm³/mol. The second kappa shape index (κ2) is 6.42. The molecular formula is C18H14N2OS. The van der Waals surface area contributed by atoms with Crippen molar-refractivity contribution in [1.82, 2.24) is 4.57 Å². The molecule has 3 aromatic rings. The van der Waals surface area contributed by atoms with E-state index in [0.717, 1.165) is 16.9 Å². The lowest BCUT2D eigenvalue weighted by molar-refractivity contribution is 0.686. The predicted octanol–water partition coefficient (Wildman–Crippen LogP) is 3.69. The van der Waals surface area contributed by atoms with Gasteiger partial charge in [0, 0.05) is 12.7 Å². The van der Waals surface area contributed by atoms with E-state index in [1.54, 1.807) is 16.7 Å². The molecule has 1 heterocycles. The highest BCUT2D eigenvalue weighted by Gasteiger charge is 2.06. The van der Waals surface area contributed by atoms with Crippen molar-refractivity contribution >= 4 is 11.3 Å². The zero-order chi connectivity index (χ0) is 15.4. The third-order valence-corrected chi connectivity index (χ3v) is 4.46. The summed E-state index contributed by atoms with van der Waals surface area (Å²) in [6.07, 6.45) is 2.74. The molecule has 0 amide bonds. The lowest BCUT2D eigenvalue weighted by Crippen LogP contribution is -2.13. The summed E-state index contributed by atoms with van der Waals surface area (Å²) in [7, 11) is 0. The Bertz CT molecular complexity index is 855. The highest BCUT2D eigenvalue weighted by Crippen LogP contribution is 2.22. The first-order valence-corrected chi connectivity index (χ1v) is 7.82. The number of benzene rings is 2. The molecule has 0 atom stereocenters. The number of hydrogen-bond acceptors (Lipinski definition) is 3. The lowest BCUT2D eigenvalue weighted by Gasteiger charge is -2.01. The zero-order valence-electron chi connectivity index (χ0n) is 11.9. The molecule has 0 saturated heterocycles. The van der Waals surface area contributed by atoms with Crippen molar-refractivity contribution in [2.45, 2.75) is 13.0 Å². The van der Waals surface area contributed by atoms with E-state index in [4.69, 9.17) is 5.26 Å². The Kier molecular flexibility index (Phi) is 4.17. The number of nitrogens with zero attached hydrogens (tertiary/aromatic N) is 2. The standard InChI is InChI=1S/C18H14N2OS/c19-12-15-6-8-16(9-7-15)17-13-20(18(21)22-17)11-10-14-4-2-1-3-5-14/h1-9,13H,10-11H2. The number of nitriles is 1. The fraction of sp³-hybridized carbons (Fsp3) is 0.111. The fourth-order valence-electron chi connectivity index (χ4n) is 2.27. The van der Waals surface area contributed by atoms with Crippen LogP contribution in [-0.4, -0.2) is 4.57 Å². The second-order valence-electron chi connectivity index (χ2n) is 4.98. The van der Waals surface area contributed by atoms with E-state index in [0.29, 0.717) is 12.1 Å². The minimum Gasteiger partial charge on any atom is -0.305 e. The highest BCUT2D eigenvalue weighted by atomic mass is 32.1. The van der Waals surface area contributed by atoms with Gasteiger partial charge in [0.2, 0.25) is 0 Å². The van der Waals surface area contributed by atoms with Crippen LogP contribution < -0.4 is 4.87 Å². The Morgan fingerprint density at radius 2 is 1.77 bits per heavy atom. The molecule has 0 fully saturated rings. The minimum atomic E-state index is 0.0512. The Labute approximate surface area is 132 Å². The summed E-state index contributed by atoms with van der Waals surface area (Å²) >= 11 is 1.24. The summed E-state index contributed by atoms with van der Waals surface area (Å²) in [5.74, 6) is 0. The van der Waals surface area contributed by atoms with Crippen molar-refractivity contribution in [3.05, 3.63) is 81.6 Å². The quantitative estimate of drug-likeness (QED) is 0.738. The maximum Gasteiger partial charge on any atom is 0.307 e. The van der Waals surface area contributed by atoms with Crippen LogP contribution in [-0.2, 0) is 13.0 Å². The molecular weight excluding hydrogens is 292 g/mol. The molecule has 3 rings (SSSR count). The summed E-state index contributed by atoms with van der Waals surface area (Å²) in [6, 6.07) is 19.5. The van der Waals surface area contributed by atoms with Crippen molar-refractivity contribution in [3.63, 3.8) is 0 Å². The third-order valence-electron chi connectivity index (χ3n) is 3.49. The van der Waals surface area contributed by atoms with Gasteiger partial charge in [0.15, 0.2) is 0 Å². The van der Waals surface area contributed by atoms with Crippen LogP contribution >= 0.6 is 11.3 Å². The van der Waals surface area contributed by atoms with E-state index in [1.807, 2.05) is 36.5 Å². The summed E-state index contributed by atoms with van der Waals surface area (Å²) in [5.41, 5.74) is 2.82. The monoisotopic (exact) mass is 306 g/mol. The van der Waals surface area contributed by atoms with Gasteiger partial charge in [-0.1, -0.05) is 53.8 Å². The van der Waals surface area contributed by atoms with Gasteiger partial charge in [-0.3, -0.25) is 4.79 Å². The smallest absolute Gasteiger partial charge is 0.305 e. The van der Waals surface area contributed by atoms with Crippen LogP contribution in [0, 0.1) is 11.3 Å². The number of rotatable bonds is 4. The van der Waals surface area contributed by atoms with Crippen molar-refractivity contribution in [2.75, 3.05) is 0 Å². The van der Waals surface area contributed by atoms with Gasteiger partial charge in [-0.15, -0.1) is 0 Å². The van der Waals surface area contributed by atoms with E-state index in [2.05, 4.69) is 18.2 Å². The Morgan fingerprint density at radius 1 is 1.05 bits per heavy atom. The Hall–Kier alpha value is -2.64. The SMILES string of the molecule is N#Cc1ccc(-c2cn(CCc3ccccc3)c(=O)s2)cc1. The van der Waals surface area contributed by atoms with E-state index in [-0.39, 0.29) is 4.87 Å². The van der Waals surface area contributed by atoms with Crippen LogP contribution in [0.1, 0.15) is 11.1 Å². The summed E-state index contributed by atoms with van der Waals surface area (Å²) in [4.78, 5) is 13.1. The average molecular weight is 306 g/mol. The summed E-state index contributed by atoms with van der Waals surface area (Å²) < 4.78 is 1.76. The molecule has 0 aliphatic carbocycles. The minimum absolute atomic E-state index is 0.0512. The summed E-state index contributed by atoms with van der Waals surface area (Å²) in [5, 5.41) is 8.82. The maximum absolute atomic E-state index is 12.1. The van der Waals surface area contributed by atoms with Gasteiger partial charge >= 0.3 is 4.87 Å². The van der Waals surface area contributed by atoms with Crippen LogP contribution in [0.4, 0.5) is 0 Å². The molecule has 4 heteroatoms. The van der Waals surface area contributed by atoms with Crippen LogP contribution in [0.15, 0.2) is 65.6 Å². The van der Waals surface area contributed by atoms with Gasteiger partial charge < -0.3 is 4.57 Å². The van der Waals surface area contributed by atoms with Crippen molar-refractivity contribution in [1.29, 1.82) is 5.26 Å². The number of hydrogen-bond donors (Lipinski definition) is 0. The lowest BCUT2D eigenvalue weighted by atomic mass is 10.1. The van der Waals surface area contributed by atoms with E-state index in [1.165, 1.54) is 16.9 Å². The fourth-order valence-corrected chi connectivity index (χ4v) is 3.15. The first kappa shape index (κ1) is 14.3. The van der Waals surface area contributed by atoms with Crippen molar-refractivity contribution < 1.29 is 0 Å². The van der Waals surface area contributed by atoms with Crippen molar-refractivity contribution in [3.8, 4) is 16.5 Å². The molecule has 0 spiro atoms. The second-order valence-corrected chi connectivity index (χ2v) is 5.97. The van der Waals surface area contributed by atoms with E-state index < -0.39 is 0 Å². The largest absolute Gasteiger partial charge is 0.307 e. The molecule has 3 nitrogen and oxygen atoms in total. The molecule has 0 aliphatic heterocycles. The molecule has 22 heavy (non-hydrogen) atoms. The first-order valence-electron chi connectivity index (χ1n) is 7.01. The van der Waals surface area contributed by atoms with Gasteiger partial charge in [0.05, 0.1) is 16.5 Å². The van der Waals surface area contributed by atoms with Gasteiger partial charge in [0.1, 0.15) is 0 Å². The average Bonchev–Trinajstić information content (AvgIpc) is 2.95. The van der Waals surface area contributed by atoms with Gasteiger partial charge in [-0.05, 0) is 29.7 Å². The molecule has 0 saturated carbocycles. The highest BCUT2D eigenvalue weighted by molar-refractivity contribution is 7.12. The first-order chi connectivity index (χ1) is 10.8. The van der Waals surface area contributed by atoms with Gasteiger partial charge in [0.25, 0.3) is 0 Å². The molecule has 108 valence electrons. The number of thiazole rings is 1. The van der Waals surface area contributed by atoms with Gasteiger partial charge in [-0.2, -0.15) is 5.26 Å². The molecule has 0 N–H and O–H groups in total. The van der Waals surface area contributed by atoms with E-state index >= 15 is 0 Å².